The lowest BCUT2D eigenvalue weighted by Crippen LogP contribution is -2.46. The SMILES string of the molecule is COC(=O)C(C)CN(C)C(=O)C1NCC2CCCC21. The van der Waals surface area contributed by atoms with Crippen LogP contribution >= 0.6 is 0 Å². The summed E-state index contributed by atoms with van der Waals surface area (Å²) in [5.74, 6) is 0.728. The van der Waals surface area contributed by atoms with E-state index in [1.165, 1.54) is 20.0 Å². The molecule has 2 aliphatic rings. The summed E-state index contributed by atoms with van der Waals surface area (Å²) in [6.07, 6.45) is 3.63. The lowest BCUT2D eigenvalue weighted by Gasteiger charge is -2.26. The number of esters is 1. The van der Waals surface area contributed by atoms with Gasteiger partial charge < -0.3 is 15.0 Å². The molecular formula is C14H24N2O3. The Morgan fingerprint density at radius 3 is 2.84 bits per heavy atom. The molecule has 1 aliphatic carbocycles. The highest BCUT2D eigenvalue weighted by Gasteiger charge is 2.43. The van der Waals surface area contributed by atoms with Crippen molar-refractivity contribution in [2.45, 2.75) is 32.2 Å². The number of amides is 1. The smallest absolute Gasteiger partial charge is 0.310 e. The summed E-state index contributed by atoms with van der Waals surface area (Å²) < 4.78 is 4.69. The summed E-state index contributed by atoms with van der Waals surface area (Å²) >= 11 is 0. The van der Waals surface area contributed by atoms with Crippen molar-refractivity contribution in [2.75, 3.05) is 27.2 Å². The highest BCUT2D eigenvalue weighted by molar-refractivity contribution is 5.83. The average Bonchev–Trinajstić information content (AvgIpc) is 2.98. The second-order valence-corrected chi connectivity index (χ2v) is 5.88. The van der Waals surface area contributed by atoms with E-state index in [4.69, 9.17) is 4.74 Å². The van der Waals surface area contributed by atoms with Crippen molar-refractivity contribution >= 4 is 11.9 Å². The van der Waals surface area contributed by atoms with Crippen molar-refractivity contribution < 1.29 is 14.3 Å². The molecule has 4 atom stereocenters. The number of likely N-dealkylation sites (N-methyl/N-ethyl adjacent to an activating group) is 1. The maximum atomic E-state index is 12.4. The zero-order valence-corrected chi connectivity index (χ0v) is 12.0. The van der Waals surface area contributed by atoms with Crippen molar-refractivity contribution in [1.82, 2.24) is 10.2 Å². The topological polar surface area (TPSA) is 58.6 Å². The molecule has 0 aromatic carbocycles. The van der Waals surface area contributed by atoms with Crippen LogP contribution in [-0.2, 0) is 14.3 Å². The van der Waals surface area contributed by atoms with Gasteiger partial charge in [-0.3, -0.25) is 9.59 Å². The maximum Gasteiger partial charge on any atom is 0.310 e. The number of fused-ring (bicyclic) bond motifs is 1. The van der Waals surface area contributed by atoms with E-state index in [0.717, 1.165) is 13.0 Å². The van der Waals surface area contributed by atoms with Crippen LogP contribution in [-0.4, -0.2) is 50.1 Å². The highest BCUT2D eigenvalue weighted by atomic mass is 16.5. The lowest BCUT2D eigenvalue weighted by molar-refractivity contribution is -0.146. The number of nitrogens with zero attached hydrogens (tertiary/aromatic N) is 1. The summed E-state index contributed by atoms with van der Waals surface area (Å²) in [6.45, 7) is 3.17. The highest BCUT2D eigenvalue weighted by Crippen LogP contribution is 2.38. The molecule has 4 unspecified atom stereocenters. The first-order valence-corrected chi connectivity index (χ1v) is 7.10. The van der Waals surface area contributed by atoms with E-state index < -0.39 is 0 Å². The zero-order chi connectivity index (χ0) is 14.0. The van der Waals surface area contributed by atoms with Crippen LogP contribution in [0.4, 0.5) is 0 Å². The predicted molar refractivity (Wildman–Crippen MR) is 71.4 cm³/mol. The Balaban J connectivity index is 1.90. The minimum Gasteiger partial charge on any atom is -0.469 e. The van der Waals surface area contributed by atoms with E-state index in [0.29, 0.717) is 18.4 Å². The summed E-state index contributed by atoms with van der Waals surface area (Å²) in [5.41, 5.74) is 0. The van der Waals surface area contributed by atoms with E-state index in [1.807, 2.05) is 0 Å². The van der Waals surface area contributed by atoms with E-state index in [-0.39, 0.29) is 23.8 Å². The third-order valence-corrected chi connectivity index (χ3v) is 4.54. The number of rotatable bonds is 4. The Morgan fingerprint density at radius 2 is 2.16 bits per heavy atom. The summed E-state index contributed by atoms with van der Waals surface area (Å²) in [6, 6.07) is -0.0534. The van der Waals surface area contributed by atoms with Gasteiger partial charge in [-0.2, -0.15) is 0 Å². The molecular weight excluding hydrogens is 244 g/mol. The molecule has 0 aromatic heterocycles. The van der Waals surface area contributed by atoms with Crippen molar-refractivity contribution in [3.05, 3.63) is 0 Å². The number of carbonyl (C=O) groups is 2. The van der Waals surface area contributed by atoms with Gasteiger partial charge in [-0.15, -0.1) is 0 Å². The fourth-order valence-corrected chi connectivity index (χ4v) is 3.47. The van der Waals surface area contributed by atoms with E-state index >= 15 is 0 Å². The van der Waals surface area contributed by atoms with E-state index in [1.54, 1.807) is 18.9 Å². The van der Waals surface area contributed by atoms with Gasteiger partial charge in [0.25, 0.3) is 0 Å². The molecule has 1 amide bonds. The minimum absolute atomic E-state index is 0.0534. The fourth-order valence-electron chi connectivity index (χ4n) is 3.47. The van der Waals surface area contributed by atoms with Crippen LogP contribution in [0, 0.1) is 17.8 Å². The number of carbonyl (C=O) groups excluding carboxylic acids is 2. The second-order valence-electron chi connectivity index (χ2n) is 5.88. The predicted octanol–water partition coefficient (Wildman–Crippen LogP) is 0.642. The molecule has 1 saturated carbocycles. The number of methoxy groups -OCH3 is 1. The minimum atomic E-state index is -0.278. The van der Waals surface area contributed by atoms with Crippen LogP contribution < -0.4 is 5.32 Å². The second kappa shape index (κ2) is 5.90. The average molecular weight is 268 g/mol. The third kappa shape index (κ3) is 2.91. The molecule has 1 heterocycles. The quantitative estimate of drug-likeness (QED) is 0.760. The largest absolute Gasteiger partial charge is 0.469 e. The van der Waals surface area contributed by atoms with Crippen LogP contribution in [0.15, 0.2) is 0 Å². The molecule has 1 saturated heterocycles. The summed E-state index contributed by atoms with van der Waals surface area (Å²) in [4.78, 5) is 25.5. The number of hydrogen-bond acceptors (Lipinski definition) is 4. The van der Waals surface area contributed by atoms with E-state index in [9.17, 15) is 9.59 Å². The Hall–Kier alpha value is -1.10. The molecule has 0 spiro atoms. The van der Waals surface area contributed by atoms with Gasteiger partial charge in [-0.05, 0) is 31.2 Å². The molecule has 0 aromatic rings. The third-order valence-electron chi connectivity index (χ3n) is 4.54. The van der Waals surface area contributed by atoms with Gasteiger partial charge in [0.1, 0.15) is 0 Å². The summed E-state index contributed by atoms with van der Waals surface area (Å²) in [5, 5.41) is 3.35. The van der Waals surface area contributed by atoms with Gasteiger partial charge in [0.05, 0.1) is 19.1 Å². The Kier molecular flexibility index (Phi) is 4.45. The molecule has 2 fully saturated rings. The first kappa shape index (κ1) is 14.3. The van der Waals surface area contributed by atoms with Crippen LogP contribution in [0.1, 0.15) is 26.2 Å². The molecule has 5 heteroatoms. The molecule has 5 nitrogen and oxygen atoms in total. The van der Waals surface area contributed by atoms with Crippen molar-refractivity contribution in [2.24, 2.45) is 17.8 Å². The fraction of sp³-hybridized carbons (Fsp3) is 0.857. The number of nitrogens with one attached hydrogen (secondary N) is 1. The van der Waals surface area contributed by atoms with E-state index in [2.05, 4.69) is 5.32 Å². The number of hydrogen-bond donors (Lipinski definition) is 1. The standard InChI is InChI=1S/C14H24N2O3/c1-9(14(18)19-3)8-16(2)13(17)12-11-6-4-5-10(11)7-15-12/h9-12,15H,4-8H2,1-3H3. The molecule has 19 heavy (non-hydrogen) atoms. The van der Waals surface area contributed by atoms with Gasteiger partial charge in [0, 0.05) is 13.6 Å². The van der Waals surface area contributed by atoms with Crippen LogP contribution in [0.3, 0.4) is 0 Å². The molecule has 0 radical (unpaired) electrons. The van der Waals surface area contributed by atoms with Crippen molar-refractivity contribution in [3.8, 4) is 0 Å². The Bertz CT molecular complexity index is 359. The van der Waals surface area contributed by atoms with Gasteiger partial charge in [0.2, 0.25) is 5.91 Å². The van der Waals surface area contributed by atoms with Crippen LogP contribution in [0.25, 0.3) is 0 Å². The monoisotopic (exact) mass is 268 g/mol. The van der Waals surface area contributed by atoms with Crippen LogP contribution in [0.5, 0.6) is 0 Å². The number of ether oxygens (including phenoxy) is 1. The molecule has 1 aliphatic heterocycles. The first-order valence-electron chi connectivity index (χ1n) is 7.10. The lowest BCUT2D eigenvalue weighted by atomic mass is 9.93. The molecule has 1 N–H and O–H groups in total. The van der Waals surface area contributed by atoms with Gasteiger partial charge >= 0.3 is 5.97 Å². The normalized spacial score (nSPS) is 30.8. The Labute approximate surface area is 114 Å². The molecule has 2 rings (SSSR count). The summed E-state index contributed by atoms with van der Waals surface area (Å²) in [7, 11) is 3.15. The van der Waals surface area contributed by atoms with Crippen molar-refractivity contribution in [3.63, 3.8) is 0 Å². The van der Waals surface area contributed by atoms with Gasteiger partial charge in [0.15, 0.2) is 0 Å². The van der Waals surface area contributed by atoms with Crippen molar-refractivity contribution in [1.29, 1.82) is 0 Å². The van der Waals surface area contributed by atoms with Gasteiger partial charge in [-0.25, -0.2) is 0 Å². The molecule has 108 valence electrons. The first-order chi connectivity index (χ1) is 9.04. The van der Waals surface area contributed by atoms with Gasteiger partial charge in [-0.1, -0.05) is 13.3 Å². The van der Waals surface area contributed by atoms with Crippen LogP contribution in [0.2, 0.25) is 0 Å². The zero-order valence-electron chi connectivity index (χ0n) is 12.0. The maximum absolute atomic E-state index is 12.4. The molecule has 0 bridgehead atoms. The Morgan fingerprint density at radius 1 is 1.42 bits per heavy atom.